The fraction of sp³-hybridized carbons (Fsp3) is 0.318. The van der Waals surface area contributed by atoms with E-state index in [1.54, 1.807) is 31.3 Å². The van der Waals surface area contributed by atoms with Crippen molar-refractivity contribution in [3.05, 3.63) is 54.1 Å². The van der Waals surface area contributed by atoms with E-state index in [1.165, 1.54) is 18.1 Å². The summed E-state index contributed by atoms with van der Waals surface area (Å²) < 4.78 is 10.8. The molecule has 0 aliphatic heterocycles. The molecule has 30 heavy (non-hydrogen) atoms. The molecule has 0 radical (unpaired) electrons. The van der Waals surface area contributed by atoms with Crippen LogP contribution in [0.25, 0.3) is 0 Å². The molecule has 0 aliphatic carbocycles. The summed E-state index contributed by atoms with van der Waals surface area (Å²) in [5.74, 6) is -0.241. The van der Waals surface area contributed by atoms with Crippen molar-refractivity contribution in [2.45, 2.75) is 19.9 Å². The molecular formula is C22H27N3O5. The number of benzene rings is 2. The van der Waals surface area contributed by atoms with E-state index >= 15 is 0 Å². The number of carbonyl (C=O) groups excluding carboxylic acids is 3. The zero-order valence-electron chi connectivity index (χ0n) is 17.6. The predicted octanol–water partition coefficient (Wildman–Crippen LogP) is 2.31. The smallest absolute Gasteiger partial charge is 0.258 e. The zero-order chi connectivity index (χ0) is 22.1. The lowest BCUT2D eigenvalue weighted by Gasteiger charge is -2.18. The second kappa shape index (κ2) is 10.8. The maximum Gasteiger partial charge on any atom is 0.258 e. The molecule has 0 fully saturated rings. The highest BCUT2D eigenvalue weighted by molar-refractivity contribution is 5.99. The van der Waals surface area contributed by atoms with E-state index in [0.29, 0.717) is 22.7 Å². The van der Waals surface area contributed by atoms with Crippen LogP contribution in [0.3, 0.4) is 0 Å². The number of hydrogen-bond acceptors (Lipinski definition) is 5. The number of nitrogens with one attached hydrogen (secondary N) is 2. The van der Waals surface area contributed by atoms with Gasteiger partial charge in [0, 0.05) is 24.3 Å². The molecule has 0 aromatic heterocycles. The summed E-state index contributed by atoms with van der Waals surface area (Å²) in [7, 11) is 2.99. The molecule has 0 atom stereocenters. The van der Waals surface area contributed by atoms with Gasteiger partial charge in [-0.15, -0.1) is 0 Å². The standard InChI is InChI=1S/C22H27N3O5/c1-15(2)23-21(27)14-30-18-11-10-16(12-19(18)29-4)22(28)25(3)13-20(26)24-17-8-6-5-7-9-17/h5-12,15H,13-14H2,1-4H3,(H,23,27)(H,24,26). The van der Waals surface area contributed by atoms with Gasteiger partial charge in [-0.2, -0.15) is 0 Å². The van der Waals surface area contributed by atoms with Crippen molar-refractivity contribution < 1.29 is 23.9 Å². The van der Waals surface area contributed by atoms with Crippen LogP contribution in [0.4, 0.5) is 5.69 Å². The number of methoxy groups -OCH3 is 1. The minimum atomic E-state index is -0.347. The average Bonchev–Trinajstić information content (AvgIpc) is 2.71. The van der Waals surface area contributed by atoms with Gasteiger partial charge in [0.25, 0.3) is 11.8 Å². The summed E-state index contributed by atoms with van der Waals surface area (Å²) in [4.78, 5) is 37.9. The summed E-state index contributed by atoms with van der Waals surface area (Å²) in [6, 6.07) is 13.7. The van der Waals surface area contributed by atoms with Gasteiger partial charge in [-0.1, -0.05) is 18.2 Å². The van der Waals surface area contributed by atoms with Gasteiger partial charge in [-0.05, 0) is 44.2 Å². The first-order valence-corrected chi connectivity index (χ1v) is 9.50. The van der Waals surface area contributed by atoms with Crippen LogP contribution in [-0.4, -0.2) is 56.0 Å². The average molecular weight is 413 g/mol. The molecule has 0 heterocycles. The maximum atomic E-state index is 12.7. The molecule has 2 aromatic rings. The zero-order valence-corrected chi connectivity index (χ0v) is 17.6. The third-order valence-electron chi connectivity index (χ3n) is 4.00. The summed E-state index contributed by atoms with van der Waals surface area (Å²) in [6.07, 6.45) is 0. The Hall–Kier alpha value is -3.55. The minimum Gasteiger partial charge on any atom is -0.493 e. The molecule has 0 saturated carbocycles. The molecule has 0 saturated heterocycles. The molecule has 0 bridgehead atoms. The van der Waals surface area contributed by atoms with Crippen LogP contribution in [0.1, 0.15) is 24.2 Å². The Morgan fingerprint density at radius 1 is 1.00 bits per heavy atom. The van der Waals surface area contributed by atoms with E-state index < -0.39 is 0 Å². The van der Waals surface area contributed by atoms with Crippen molar-refractivity contribution in [1.82, 2.24) is 10.2 Å². The quantitative estimate of drug-likeness (QED) is 0.658. The van der Waals surface area contributed by atoms with Crippen molar-refractivity contribution >= 4 is 23.4 Å². The van der Waals surface area contributed by atoms with Crippen LogP contribution in [0, 0.1) is 0 Å². The third kappa shape index (κ3) is 6.80. The first kappa shape index (κ1) is 22.7. The summed E-state index contributed by atoms with van der Waals surface area (Å²) in [5.41, 5.74) is 0.994. The first-order chi connectivity index (χ1) is 14.3. The third-order valence-corrected chi connectivity index (χ3v) is 4.00. The molecule has 8 heteroatoms. The van der Waals surface area contributed by atoms with E-state index in [-0.39, 0.29) is 36.9 Å². The van der Waals surface area contributed by atoms with Crippen molar-refractivity contribution in [2.75, 3.05) is 32.6 Å². The van der Waals surface area contributed by atoms with Crippen LogP contribution in [-0.2, 0) is 9.59 Å². The fourth-order valence-electron chi connectivity index (χ4n) is 2.66. The number of ether oxygens (including phenoxy) is 2. The number of para-hydroxylation sites is 1. The summed E-state index contributed by atoms with van der Waals surface area (Å²) in [5, 5.41) is 5.46. The Labute approximate surface area is 176 Å². The van der Waals surface area contributed by atoms with Gasteiger partial charge in [-0.3, -0.25) is 14.4 Å². The SMILES string of the molecule is COc1cc(C(=O)N(C)CC(=O)Nc2ccccc2)ccc1OCC(=O)NC(C)C. The lowest BCUT2D eigenvalue weighted by atomic mass is 10.1. The fourth-order valence-corrected chi connectivity index (χ4v) is 2.66. The van der Waals surface area contributed by atoms with Crippen molar-refractivity contribution in [1.29, 1.82) is 0 Å². The second-order valence-corrected chi connectivity index (χ2v) is 6.95. The van der Waals surface area contributed by atoms with Gasteiger partial charge in [-0.25, -0.2) is 0 Å². The van der Waals surface area contributed by atoms with Crippen molar-refractivity contribution in [3.63, 3.8) is 0 Å². The number of nitrogens with zero attached hydrogens (tertiary/aromatic N) is 1. The minimum absolute atomic E-state index is 0.0117. The Morgan fingerprint density at radius 3 is 2.33 bits per heavy atom. The first-order valence-electron chi connectivity index (χ1n) is 9.50. The molecule has 2 rings (SSSR count). The number of amides is 3. The van der Waals surface area contributed by atoms with E-state index in [4.69, 9.17) is 9.47 Å². The molecule has 0 unspecified atom stereocenters. The lowest BCUT2D eigenvalue weighted by Crippen LogP contribution is -2.35. The van der Waals surface area contributed by atoms with Gasteiger partial charge >= 0.3 is 0 Å². The Bertz CT molecular complexity index is 884. The van der Waals surface area contributed by atoms with Crippen LogP contribution in [0.5, 0.6) is 11.5 Å². The van der Waals surface area contributed by atoms with Crippen LogP contribution in [0.2, 0.25) is 0 Å². The van der Waals surface area contributed by atoms with Gasteiger partial charge in [0.15, 0.2) is 18.1 Å². The molecule has 0 aliphatic rings. The largest absolute Gasteiger partial charge is 0.493 e. The number of rotatable bonds is 9. The van der Waals surface area contributed by atoms with E-state index in [0.717, 1.165) is 0 Å². The molecule has 2 N–H and O–H groups in total. The number of anilines is 1. The van der Waals surface area contributed by atoms with E-state index in [2.05, 4.69) is 10.6 Å². The Morgan fingerprint density at radius 2 is 1.70 bits per heavy atom. The molecule has 160 valence electrons. The highest BCUT2D eigenvalue weighted by Gasteiger charge is 2.18. The summed E-state index contributed by atoms with van der Waals surface area (Å²) in [6.45, 7) is 3.44. The molecule has 0 spiro atoms. The maximum absolute atomic E-state index is 12.7. The van der Waals surface area contributed by atoms with Crippen LogP contribution >= 0.6 is 0 Å². The second-order valence-electron chi connectivity index (χ2n) is 6.95. The molecular weight excluding hydrogens is 386 g/mol. The molecule has 8 nitrogen and oxygen atoms in total. The highest BCUT2D eigenvalue weighted by Crippen LogP contribution is 2.28. The number of carbonyl (C=O) groups is 3. The van der Waals surface area contributed by atoms with Gasteiger partial charge in [0.05, 0.1) is 13.7 Å². The summed E-state index contributed by atoms with van der Waals surface area (Å²) >= 11 is 0. The van der Waals surface area contributed by atoms with Gasteiger partial charge < -0.3 is 25.0 Å². The van der Waals surface area contributed by atoms with Gasteiger partial charge in [0.2, 0.25) is 5.91 Å². The Kier molecular flexibility index (Phi) is 8.22. The van der Waals surface area contributed by atoms with E-state index in [9.17, 15) is 14.4 Å². The molecule has 2 aromatic carbocycles. The number of likely N-dealkylation sites (N-methyl/N-ethyl adjacent to an activating group) is 1. The monoisotopic (exact) mass is 413 g/mol. The normalized spacial score (nSPS) is 10.3. The van der Waals surface area contributed by atoms with Crippen molar-refractivity contribution in [2.24, 2.45) is 0 Å². The Balaban J connectivity index is 1.99. The van der Waals surface area contributed by atoms with E-state index in [1.807, 2.05) is 32.0 Å². The predicted molar refractivity (Wildman–Crippen MR) is 114 cm³/mol. The number of hydrogen-bond donors (Lipinski definition) is 2. The highest BCUT2D eigenvalue weighted by atomic mass is 16.5. The van der Waals surface area contributed by atoms with Gasteiger partial charge in [0.1, 0.15) is 0 Å². The van der Waals surface area contributed by atoms with Crippen LogP contribution < -0.4 is 20.1 Å². The molecule has 3 amide bonds. The topological polar surface area (TPSA) is 97.0 Å². The van der Waals surface area contributed by atoms with Crippen molar-refractivity contribution in [3.8, 4) is 11.5 Å². The lowest BCUT2D eigenvalue weighted by molar-refractivity contribution is -0.123. The van der Waals surface area contributed by atoms with Crippen LogP contribution in [0.15, 0.2) is 48.5 Å².